The molecule has 2 aromatic rings. The molecule has 1 saturated carbocycles. The number of nitrogens with zero attached hydrogens (tertiary/aromatic N) is 1. The fourth-order valence-electron chi connectivity index (χ4n) is 3.89. The zero-order valence-electron chi connectivity index (χ0n) is 21.9. The molecule has 3 rings (SSSR count). The fourth-order valence-corrected chi connectivity index (χ4v) is 5.48. The van der Waals surface area contributed by atoms with Crippen LogP contribution >= 0.6 is 0 Å². The van der Waals surface area contributed by atoms with Gasteiger partial charge in [0.15, 0.2) is 0 Å². The minimum atomic E-state index is -2.45. The maximum Gasteiger partial charge on any atom is 0.0798 e. The molecule has 0 aliphatic heterocycles. The number of benzene rings is 1. The van der Waals surface area contributed by atoms with Crippen molar-refractivity contribution in [1.82, 2.24) is 4.98 Å². The smallest absolute Gasteiger partial charge is 0.0798 e. The molecule has 1 aromatic carbocycles. The largest absolute Gasteiger partial charge is 0.305 e. The summed E-state index contributed by atoms with van der Waals surface area (Å²) in [6.45, 7) is 2.09. The number of hydrogen-bond donors (Lipinski definition) is 0. The third-order valence-corrected chi connectivity index (χ3v) is 7.29. The molecule has 1 radical (unpaired) electrons. The molecule has 143 valence electrons. The predicted molar refractivity (Wildman–Crippen MR) is 111 cm³/mol. The van der Waals surface area contributed by atoms with E-state index < -0.39 is 21.8 Å². The number of rotatable bonds is 4. The standard InChI is InChI=1S/C23H32NSi.Ir/c1-17-11-12-21(18(2)13-17)22-15-20(14-19-9-7-6-8-10-19)23(16-24-22)25(3,4)5;/h11,13,15-16,19H,6-10,14H2,1-5H3;/q-1;/i1D3,2D3;. The van der Waals surface area contributed by atoms with Gasteiger partial charge in [-0.1, -0.05) is 77.1 Å². The molecule has 0 saturated heterocycles. The molecular formula is C23H32IrNSi-. The van der Waals surface area contributed by atoms with Gasteiger partial charge >= 0.3 is 0 Å². The van der Waals surface area contributed by atoms with Gasteiger partial charge in [0.05, 0.1) is 8.07 Å². The Kier molecular flexibility index (Phi) is 4.91. The van der Waals surface area contributed by atoms with Crippen molar-refractivity contribution in [3.63, 3.8) is 0 Å². The molecule has 1 aliphatic carbocycles. The minimum absolute atomic E-state index is 0. The maximum atomic E-state index is 7.97. The van der Waals surface area contributed by atoms with Gasteiger partial charge in [0, 0.05) is 34.5 Å². The number of aryl methyl sites for hydroxylation is 2. The zero-order chi connectivity index (χ0) is 23.0. The Balaban J connectivity index is 0.00000363. The zero-order valence-corrected chi connectivity index (χ0v) is 19.3. The van der Waals surface area contributed by atoms with Crippen LogP contribution < -0.4 is 5.19 Å². The van der Waals surface area contributed by atoms with Crippen LogP contribution in [0.3, 0.4) is 0 Å². The van der Waals surface area contributed by atoms with Crippen LogP contribution in [0.2, 0.25) is 19.6 Å². The summed E-state index contributed by atoms with van der Waals surface area (Å²) in [6, 6.07) is 7.65. The molecule has 0 spiro atoms. The molecule has 1 aromatic heterocycles. The van der Waals surface area contributed by atoms with E-state index >= 15 is 0 Å². The summed E-state index contributed by atoms with van der Waals surface area (Å²) in [5.74, 6) is 0.656. The third kappa shape index (κ3) is 5.15. The average molecular weight is 549 g/mol. The summed E-state index contributed by atoms with van der Waals surface area (Å²) in [4.78, 5) is 4.65. The number of aromatic nitrogens is 1. The summed E-state index contributed by atoms with van der Waals surface area (Å²) in [5, 5.41) is 1.32. The third-order valence-electron chi connectivity index (χ3n) is 5.23. The maximum absolute atomic E-state index is 7.97. The van der Waals surface area contributed by atoms with Crippen LogP contribution in [0, 0.1) is 25.7 Å². The summed E-state index contributed by atoms with van der Waals surface area (Å²) in [5.41, 5.74) is 2.19. The van der Waals surface area contributed by atoms with E-state index in [9.17, 15) is 0 Å². The van der Waals surface area contributed by atoms with Gasteiger partial charge in [-0.25, -0.2) is 0 Å². The molecule has 1 heterocycles. The number of hydrogen-bond acceptors (Lipinski definition) is 1. The van der Waals surface area contributed by atoms with E-state index in [-0.39, 0.29) is 31.2 Å². The van der Waals surface area contributed by atoms with Crippen LogP contribution in [0.15, 0.2) is 24.4 Å². The predicted octanol–water partition coefficient (Wildman–Crippen LogP) is 5.83. The molecule has 26 heavy (non-hydrogen) atoms. The van der Waals surface area contributed by atoms with E-state index in [1.54, 1.807) is 0 Å². The van der Waals surface area contributed by atoms with E-state index in [0.29, 0.717) is 17.2 Å². The van der Waals surface area contributed by atoms with Gasteiger partial charge in [0.1, 0.15) is 0 Å². The second-order valence-electron chi connectivity index (χ2n) is 8.36. The first-order valence-corrected chi connectivity index (χ1v) is 12.8. The van der Waals surface area contributed by atoms with Crippen molar-refractivity contribution in [3.8, 4) is 11.3 Å². The average Bonchev–Trinajstić information content (AvgIpc) is 2.66. The Morgan fingerprint density at radius 3 is 2.58 bits per heavy atom. The molecule has 1 fully saturated rings. The van der Waals surface area contributed by atoms with Crippen LogP contribution in [-0.4, -0.2) is 13.1 Å². The van der Waals surface area contributed by atoms with Gasteiger partial charge in [0.25, 0.3) is 0 Å². The Morgan fingerprint density at radius 1 is 1.15 bits per heavy atom. The second-order valence-corrected chi connectivity index (χ2v) is 13.4. The first kappa shape index (κ1) is 14.3. The van der Waals surface area contributed by atoms with Crippen molar-refractivity contribution in [3.05, 3.63) is 47.2 Å². The normalized spacial score (nSPS) is 20.0. The van der Waals surface area contributed by atoms with Crippen molar-refractivity contribution >= 4 is 13.3 Å². The van der Waals surface area contributed by atoms with Crippen molar-refractivity contribution in [2.24, 2.45) is 5.92 Å². The van der Waals surface area contributed by atoms with E-state index in [1.807, 2.05) is 12.3 Å². The summed E-state index contributed by atoms with van der Waals surface area (Å²) >= 11 is 0. The first-order valence-electron chi connectivity index (χ1n) is 12.3. The quantitative estimate of drug-likeness (QED) is 0.346. The molecule has 0 atom stereocenters. The molecule has 3 heteroatoms. The van der Waals surface area contributed by atoms with Crippen molar-refractivity contribution in [1.29, 1.82) is 0 Å². The van der Waals surface area contributed by atoms with Gasteiger partial charge in [0.2, 0.25) is 0 Å². The Bertz CT molecular complexity index is 928. The molecular weight excluding hydrogens is 511 g/mol. The van der Waals surface area contributed by atoms with E-state index in [4.69, 9.17) is 8.22 Å². The van der Waals surface area contributed by atoms with Gasteiger partial charge in [-0.15, -0.1) is 34.9 Å². The SMILES string of the molecule is [2H]C([2H])([2H])c1c[c-]c(-c2cc(CC3CCCCC3)c([Si](C)(C)C)cn2)c(C([2H])([2H])[2H])c1.[Ir]. The van der Waals surface area contributed by atoms with Gasteiger partial charge in [-0.2, -0.15) is 0 Å². The van der Waals surface area contributed by atoms with E-state index in [2.05, 4.69) is 30.7 Å². The second kappa shape index (κ2) is 8.95. The van der Waals surface area contributed by atoms with Crippen LogP contribution in [0.4, 0.5) is 0 Å². The molecule has 1 aliphatic rings. The van der Waals surface area contributed by atoms with Gasteiger partial charge < -0.3 is 4.98 Å². The van der Waals surface area contributed by atoms with Crippen LogP contribution in [-0.2, 0) is 26.5 Å². The molecule has 0 amide bonds. The monoisotopic (exact) mass is 549 g/mol. The van der Waals surface area contributed by atoms with Crippen molar-refractivity contribution in [2.45, 2.75) is 71.9 Å². The van der Waals surface area contributed by atoms with Gasteiger partial charge in [-0.3, -0.25) is 0 Å². The van der Waals surface area contributed by atoms with E-state index in [0.717, 1.165) is 6.42 Å². The fraction of sp³-hybridized carbons (Fsp3) is 0.522. The molecule has 1 nitrogen and oxygen atoms in total. The minimum Gasteiger partial charge on any atom is -0.305 e. The van der Waals surface area contributed by atoms with Crippen LogP contribution in [0.5, 0.6) is 0 Å². The van der Waals surface area contributed by atoms with Crippen LogP contribution in [0.1, 0.15) is 57.0 Å². The van der Waals surface area contributed by atoms with Crippen molar-refractivity contribution in [2.75, 3.05) is 0 Å². The summed E-state index contributed by atoms with van der Waals surface area (Å²) in [7, 11) is -1.63. The first-order chi connectivity index (χ1) is 14.3. The van der Waals surface area contributed by atoms with Gasteiger partial charge in [-0.05, 0) is 23.2 Å². The molecule has 0 unspecified atom stereocenters. The Labute approximate surface area is 182 Å². The summed E-state index contributed by atoms with van der Waals surface area (Å²) < 4.78 is 46.8. The summed E-state index contributed by atoms with van der Waals surface area (Å²) in [6.07, 6.45) is 9.26. The Hall–Kier alpha value is -0.764. The number of pyridine rings is 1. The van der Waals surface area contributed by atoms with Crippen molar-refractivity contribution < 1.29 is 28.3 Å². The van der Waals surface area contributed by atoms with Crippen LogP contribution in [0.25, 0.3) is 11.3 Å². The topological polar surface area (TPSA) is 12.9 Å². The molecule has 0 N–H and O–H groups in total. The van der Waals surface area contributed by atoms with E-state index in [1.165, 1.54) is 55.0 Å². The Morgan fingerprint density at radius 2 is 1.92 bits per heavy atom. The molecule has 0 bridgehead atoms.